The van der Waals surface area contributed by atoms with E-state index < -0.39 is 0 Å². The van der Waals surface area contributed by atoms with Gasteiger partial charge in [-0.2, -0.15) is 0 Å². The van der Waals surface area contributed by atoms with E-state index in [4.69, 9.17) is 14.4 Å². The molecule has 5 aromatic rings. The second-order valence-corrected chi connectivity index (χ2v) is 8.16. The largest absolute Gasteiger partial charge is 0.421 e. The van der Waals surface area contributed by atoms with E-state index in [0.717, 1.165) is 65.9 Å². The van der Waals surface area contributed by atoms with Crippen molar-refractivity contribution in [1.29, 1.82) is 0 Å². The van der Waals surface area contributed by atoms with Crippen LogP contribution in [0, 0.1) is 6.92 Å². The number of imidazole rings is 1. The molecular formula is C23H23N7O. The van der Waals surface area contributed by atoms with Gasteiger partial charge in [-0.25, -0.2) is 9.97 Å². The van der Waals surface area contributed by atoms with Crippen LogP contribution in [-0.4, -0.2) is 62.7 Å². The van der Waals surface area contributed by atoms with E-state index in [1.165, 1.54) is 5.69 Å². The van der Waals surface area contributed by atoms with Gasteiger partial charge < -0.3 is 14.2 Å². The molecule has 156 valence electrons. The first-order chi connectivity index (χ1) is 15.2. The molecule has 8 nitrogen and oxygen atoms in total. The summed E-state index contributed by atoms with van der Waals surface area (Å²) in [7, 11) is 2.19. The first-order valence-electron chi connectivity index (χ1n) is 10.6. The van der Waals surface area contributed by atoms with Gasteiger partial charge in [-0.3, -0.25) is 4.40 Å². The second-order valence-electron chi connectivity index (χ2n) is 8.16. The topological polar surface area (TPSA) is 75.6 Å². The molecule has 8 heteroatoms. The Morgan fingerprint density at radius 2 is 1.87 bits per heavy atom. The molecule has 0 N–H and O–H groups in total. The third kappa shape index (κ3) is 2.94. The Bertz CT molecular complexity index is 1420. The minimum atomic E-state index is 0.477. The normalized spacial score (nSPS) is 15.9. The van der Waals surface area contributed by atoms with Gasteiger partial charge in [0.15, 0.2) is 5.65 Å². The third-order valence-electron chi connectivity index (χ3n) is 6.06. The first-order valence-corrected chi connectivity index (χ1v) is 10.6. The summed E-state index contributed by atoms with van der Waals surface area (Å²) in [5, 5.41) is 9.41. The fourth-order valence-corrected chi connectivity index (χ4v) is 4.52. The molecule has 1 aliphatic rings. The third-order valence-corrected chi connectivity index (χ3v) is 6.06. The van der Waals surface area contributed by atoms with Crippen LogP contribution in [0.15, 0.2) is 47.0 Å². The Balaban J connectivity index is 1.68. The van der Waals surface area contributed by atoms with Crippen LogP contribution >= 0.6 is 0 Å². The van der Waals surface area contributed by atoms with Crippen molar-refractivity contribution in [2.45, 2.75) is 13.3 Å². The van der Waals surface area contributed by atoms with Gasteiger partial charge in [0.1, 0.15) is 5.65 Å². The van der Waals surface area contributed by atoms with Gasteiger partial charge in [0, 0.05) is 43.8 Å². The lowest BCUT2D eigenvalue weighted by atomic mass is 10.1. The van der Waals surface area contributed by atoms with Crippen molar-refractivity contribution < 1.29 is 4.42 Å². The summed E-state index contributed by atoms with van der Waals surface area (Å²) in [5.41, 5.74) is 5.59. The lowest BCUT2D eigenvalue weighted by Gasteiger charge is -2.24. The number of likely N-dealkylation sites (N-methyl/N-ethyl adjacent to an activating group) is 1. The predicted octanol–water partition coefficient (Wildman–Crippen LogP) is 3.54. The number of nitrogens with zero attached hydrogens (tertiary/aromatic N) is 7. The number of pyridine rings is 2. The zero-order chi connectivity index (χ0) is 20.9. The number of hydrogen-bond acceptors (Lipinski definition) is 7. The van der Waals surface area contributed by atoms with Crippen LogP contribution in [0.25, 0.3) is 39.2 Å². The van der Waals surface area contributed by atoms with E-state index in [0.29, 0.717) is 11.8 Å². The minimum Gasteiger partial charge on any atom is -0.421 e. The van der Waals surface area contributed by atoms with E-state index in [-0.39, 0.29) is 0 Å². The van der Waals surface area contributed by atoms with E-state index >= 15 is 0 Å². The maximum Gasteiger partial charge on any atom is 0.251 e. The zero-order valence-electron chi connectivity index (χ0n) is 17.6. The Morgan fingerprint density at radius 1 is 0.968 bits per heavy atom. The number of aryl methyl sites for hydroxylation is 1. The van der Waals surface area contributed by atoms with Crippen molar-refractivity contribution in [3.63, 3.8) is 0 Å². The number of anilines is 1. The van der Waals surface area contributed by atoms with Gasteiger partial charge >= 0.3 is 0 Å². The number of rotatable bonds is 2. The van der Waals surface area contributed by atoms with Crippen LogP contribution in [0.3, 0.4) is 0 Å². The SMILES string of the molecule is Cc1nnc(-c2cc3c(N4CCCN(C)CC4)ccnc3n3c2nc2ccccc23)o1. The number of benzene rings is 1. The van der Waals surface area contributed by atoms with Gasteiger partial charge in [-0.1, -0.05) is 12.1 Å². The fourth-order valence-electron chi connectivity index (χ4n) is 4.52. The molecule has 0 aliphatic carbocycles. The molecule has 31 heavy (non-hydrogen) atoms. The molecule has 5 heterocycles. The first kappa shape index (κ1) is 18.3. The number of hydrogen-bond donors (Lipinski definition) is 0. The zero-order valence-corrected chi connectivity index (χ0v) is 17.6. The summed E-state index contributed by atoms with van der Waals surface area (Å²) in [4.78, 5) is 14.5. The predicted molar refractivity (Wildman–Crippen MR) is 120 cm³/mol. The molecule has 0 saturated carbocycles. The Labute approximate surface area is 179 Å². The molecule has 0 radical (unpaired) electrons. The molecule has 0 unspecified atom stereocenters. The van der Waals surface area contributed by atoms with Crippen molar-refractivity contribution in [2.75, 3.05) is 38.1 Å². The molecular weight excluding hydrogens is 390 g/mol. The minimum absolute atomic E-state index is 0.477. The summed E-state index contributed by atoms with van der Waals surface area (Å²) >= 11 is 0. The van der Waals surface area contributed by atoms with Gasteiger partial charge in [-0.15, -0.1) is 10.2 Å². The van der Waals surface area contributed by atoms with E-state index in [1.807, 2.05) is 24.4 Å². The number of para-hydroxylation sites is 2. The van der Waals surface area contributed by atoms with Crippen LogP contribution in [0.4, 0.5) is 5.69 Å². The van der Waals surface area contributed by atoms with Gasteiger partial charge in [0.25, 0.3) is 5.89 Å². The van der Waals surface area contributed by atoms with Crippen LogP contribution in [0.5, 0.6) is 0 Å². The van der Waals surface area contributed by atoms with Crippen molar-refractivity contribution in [3.8, 4) is 11.5 Å². The molecule has 6 rings (SSSR count). The molecule has 4 aromatic heterocycles. The highest BCUT2D eigenvalue weighted by molar-refractivity contribution is 6.00. The Hall–Kier alpha value is -3.52. The monoisotopic (exact) mass is 413 g/mol. The standard InChI is InChI=1S/C23H23N7O/c1-15-26-27-23(31-15)17-14-16-19(29-11-5-10-28(2)12-13-29)8-9-24-21(16)30-20-7-4-3-6-18(20)25-22(17)30/h3-4,6-9,14H,5,10-13H2,1-2H3. The van der Waals surface area contributed by atoms with Crippen molar-refractivity contribution in [3.05, 3.63) is 48.5 Å². The Morgan fingerprint density at radius 3 is 2.74 bits per heavy atom. The average molecular weight is 413 g/mol. The highest BCUT2D eigenvalue weighted by Crippen LogP contribution is 2.35. The highest BCUT2D eigenvalue weighted by Gasteiger charge is 2.22. The van der Waals surface area contributed by atoms with Crippen LogP contribution in [0.2, 0.25) is 0 Å². The lowest BCUT2D eigenvalue weighted by Crippen LogP contribution is -2.29. The molecule has 0 amide bonds. The highest BCUT2D eigenvalue weighted by atomic mass is 16.4. The summed E-state index contributed by atoms with van der Waals surface area (Å²) in [5.74, 6) is 1.01. The average Bonchev–Trinajstić information content (AvgIpc) is 3.32. The molecule has 0 bridgehead atoms. The molecule has 0 atom stereocenters. The fraction of sp³-hybridized carbons (Fsp3) is 0.304. The summed E-state index contributed by atoms with van der Waals surface area (Å²) in [6, 6.07) is 12.3. The molecule has 1 aliphatic heterocycles. The van der Waals surface area contributed by atoms with Crippen molar-refractivity contribution in [1.82, 2.24) is 29.5 Å². The quantitative estimate of drug-likeness (QED) is 0.438. The maximum absolute atomic E-state index is 5.83. The van der Waals surface area contributed by atoms with E-state index in [2.05, 4.69) is 49.6 Å². The molecule has 1 aromatic carbocycles. The van der Waals surface area contributed by atoms with Gasteiger partial charge in [-0.05, 0) is 44.3 Å². The molecule has 0 spiro atoms. The number of aromatic nitrogens is 5. The van der Waals surface area contributed by atoms with Gasteiger partial charge in [0.2, 0.25) is 5.89 Å². The smallest absolute Gasteiger partial charge is 0.251 e. The van der Waals surface area contributed by atoms with Crippen molar-refractivity contribution >= 4 is 33.4 Å². The second kappa shape index (κ2) is 7.02. The van der Waals surface area contributed by atoms with Crippen LogP contribution in [-0.2, 0) is 0 Å². The Kier molecular flexibility index (Phi) is 4.14. The summed E-state index contributed by atoms with van der Waals surface area (Å²) in [6.07, 6.45) is 3.03. The summed E-state index contributed by atoms with van der Waals surface area (Å²) in [6.45, 7) is 5.95. The van der Waals surface area contributed by atoms with Gasteiger partial charge in [0.05, 0.1) is 16.6 Å². The molecule has 1 fully saturated rings. The van der Waals surface area contributed by atoms with Crippen LogP contribution in [0.1, 0.15) is 12.3 Å². The number of fused-ring (bicyclic) bond motifs is 5. The van der Waals surface area contributed by atoms with Crippen molar-refractivity contribution in [2.24, 2.45) is 0 Å². The summed E-state index contributed by atoms with van der Waals surface area (Å²) < 4.78 is 7.94. The van der Waals surface area contributed by atoms with E-state index in [9.17, 15) is 0 Å². The lowest BCUT2D eigenvalue weighted by molar-refractivity contribution is 0.360. The van der Waals surface area contributed by atoms with Crippen LogP contribution < -0.4 is 4.90 Å². The maximum atomic E-state index is 5.83. The molecule has 1 saturated heterocycles. The van der Waals surface area contributed by atoms with E-state index in [1.54, 1.807) is 6.92 Å².